The van der Waals surface area contributed by atoms with E-state index in [0.29, 0.717) is 12.0 Å². The lowest BCUT2D eigenvalue weighted by Gasteiger charge is -2.26. The van der Waals surface area contributed by atoms with Gasteiger partial charge in [-0.3, -0.25) is 0 Å². The molecular formula is C8H18ClN. The van der Waals surface area contributed by atoms with Crippen molar-refractivity contribution in [3.8, 4) is 0 Å². The summed E-state index contributed by atoms with van der Waals surface area (Å²) in [6.07, 6.45) is 1.09. The molecule has 0 amide bonds. The van der Waals surface area contributed by atoms with Crippen LogP contribution in [0.15, 0.2) is 0 Å². The summed E-state index contributed by atoms with van der Waals surface area (Å²) in [5.74, 6) is 1.47. The second kappa shape index (κ2) is 4.97. The Morgan fingerprint density at radius 1 is 1.30 bits per heavy atom. The van der Waals surface area contributed by atoms with Gasteiger partial charge in [0, 0.05) is 11.9 Å². The summed E-state index contributed by atoms with van der Waals surface area (Å²) in [6, 6.07) is 0.637. The minimum absolute atomic E-state index is 0.637. The summed E-state index contributed by atoms with van der Waals surface area (Å²) in [6.45, 7) is 4.47. The van der Waals surface area contributed by atoms with Crippen molar-refractivity contribution in [1.29, 1.82) is 0 Å². The third-order valence-electron chi connectivity index (χ3n) is 1.84. The maximum absolute atomic E-state index is 5.66. The SMILES string of the molecule is CC(C)C(CCCl)N(C)C. The van der Waals surface area contributed by atoms with Gasteiger partial charge in [0.25, 0.3) is 0 Å². The van der Waals surface area contributed by atoms with E-state index in [1.807, 2.05) is 0 Å². The lowest BCUT2D eigenvalue weighted by Crippen LogP contribution is -2.32. The zero-order valence-corrected chi connectivity index (χ0v) is 8.15. The third-order valence-corrected chi connectivity index (χ3v) is 2.06. The van der Waals surface area contributed by atoms with E-state index in [0.717, 1.165) is 12.3 Å². The quantitative estimate of drug-likeness (QED) is 0.575. The minimum Gasteiger partial charge on any atom is -0.306 e. The van der Waals surface area contributed by atoms with E-state index in [2.05, 4.69) is 32.8 Å². The molecule has 1 atom stereocenters. The van der Waals surface area contributed by atoms with Crippen LogP contribution in [0, 0.1) is 5.92 Å². The zero-order valence-electron chi connectivity index (χ0n) is 7.39. The van der Waals surface area contributed by atoms with Crippen LogP contribution in [0.1, 0.15) is 20.3 Å². The van der Waals surface area contributed by atoms with Crippen LogP contribution in [0.3, 0.4) is 0 Å². The highest BCUT2D eigenvalue weighted by molar-refractivity contribution is 6.17. The van der Waals surface area contributed by atoms with Crippen molar-refractivity contribution in [2.45, 2.75) is 26.3 Å². The monoisotopic (exact) mass is 163 g/mol. The Hall–Kier alpha value is 0.250. The first-order chi connectivity index (χ1) is 4.59. The molecule has 0 N–H and O–H groups in total. The Kier molecular flexibility index (Phi) is 5.10. The van der Waals surface area contributed by atoms with Gasteiger partial charge in [0.05, 0.1) is 0 Å². The van der Waals surface area contributed by atoms with E-state index >= 15 is 0 Å². The van der Waals surface area contributed by atoms with Gasteiger partial charge in [0.2, 0.25) is 0 Å². The van der Waals surface area contributed by atoms with Crippen molar-refractivity contribution in [3.05, 3.63) is 0 Å². The maximum Gasteiger partial charge on any atom is 0.0238 e. The Balaban J connectivity index is 3.73. The van der Waals surface area contributed by atoms with Crippen LogP contribution in [0.2, 0.25) is 0 Å². The highest BCUT2D eigenvalue weighted by Crippen LogP contribution is 2.11. The van der Waals surface area contributed by atoms with Crippen molar-refractivity contribution < 1.29 is 0 Å². The second-order valence-corrected chi connectivity index (χ2v) is 3.63. The lowest BCUT2D eigenvalue weighted by molar-refractivity contribution is 0.226. The number of halogens is 1. The molecule has 0 radical (unpaired) electrons. The van der Waals surface area contributed by atoms with Crippen LogP contribution in [0.25, 0.3) is 0 Å². The first-order valence-electron chi connectivity index (χ1n) is 3.82. The summed E-state index contributed by atoms with van der Waals surface area (Å²) in [4.78, 5) is 2.24. The summed E-state index contributed by atoms with van der Waals surface area (Å²) in [7, 11) is 4.22. The fourth-order valence-corrected chi connectivity index (χ4v) is 1.52. The van der Waals surface area contributed by atoms with Crippen LogP contribution >= 0.6 is 11.6 Å². The molecule has 0 aliphatic heterocycles. The predicted octanol–water partition coefficient (Wildman–Crippen LogP) is 2.20. The summed E-state index contributed by atoms with van der Waals surface area (Å²) in [5.41, 5.74) is 0. The van der Waals surface area contributed by atoms with E-state index in [-0.39, 0.29) is 0 Å². The molecule has 62 valence electrons. The molecule has 1 unspecified atom stereocenters. The van der Waals surface area contributed by atoms with Crippen molar-refractivity contribution in [3.63, 3.8) is 0 Å². The standard InChI is InChI=1S/C8H18ClN/c1-7(2)8(5-6-9)10(3)4/h7-8H,5-6H2,1-4H3. The van der Waals surface area contributed by atoms with Gasteiger partial charge < -0.3 is 4.90 Å². The molecule has 0 spiro atoms. The molecule has 0 fully saturated rings. The molecular weight excluding hydrogens is 146 g/mol. The van der Waals surface area contributed by atoms with E-state index in [9.17, 15) is 0 Å². The van der Waals surface area contributed by atoms with Gasteiger partial charge >= 0.3 is 0 Å². The van der Waals surface area contributed by atoms with Crippen molar-refractivity contribution in [2.75, 3.05) is 20.0 Å². The lowest BCUT2D eigenvalue weighted by atomic mass is 10.0. The molecule has 0 aromatic carbocycles. The van der Waals surface area contributed by atoms with Crippen LogP contribution in [0.4, 0.5) is 0 Å². The van der Waals surface area contributed by atoms with Gasteiger partial charge in [0.15, 0.2) is 0 Å². The zero-order chi connectivity index (χ0) is 8.15. The van der Waals surface area contributed by atoms with Crippen molar-refractivity contribution in [1.82, 2.24) is 4.90 Å². The molecule has 10 heavy (non-hydrogen) atoms. The first-order valence-corrected chi connectivity index (χ1v) is 4.35. The molecule has 0 aromatic heterocycles. The Labute approximate surface area is 69.4 Å². The highest BCUT2D eigenvalue weighted by atomic mass is 35.5. The fourth-order valence-electron chi connectivity index (χ4n) is 1.30. The predicted molar refractivity (Wildman–Crippen MR) is 47.7 cm³/mol. The Bertz CT molecular complexity index is 73.3. The summed E-state index contributed by atoms with van der Waals surface area (Å²) >= 11 is 5.66. The van der Waals surface area contributed by atoms with Crippen LogP contribution in [-0.2, 0) is 0 Å². The molecule has 0 aromatic rings. The van der Waals surface area contributed by atoms with Gasteiger partial charge in [-0.25, -0.2) is 0 Å². The van der Waals surface area contributed by atoms with E-state index in [4.69, 9.17) is 11.6 Å². The topological polar surface area (TPSA) is 3.24 Å². The van der Waals surface area contributed by atoms with Crippen LogP contribution in [-0.4, -0.2) is 30.9 Å². The molecule has 1 nitrogen and oxygen atoms in total. The smallest absolute Gasteiger partial charge is 0.0238 e. The summed E-state index contributed by atoms with van der Waals surface area (Å²) in [5, 5.41) is 0. The number of rotatable bonds is 4. The summed E-state index contributed by atoms with van der Waals surface area (Å²) < 4.78 is 0. The van der Waals surface area contributed by atoms with Gasteiger partial charge in [-0.15, -0.1) is 11.6 Å². The highest BCUT2D eigenvalue weighted by Gasteiger charge is 2.13. The van der Waals surface area contributed by atoms with Crippen LogP contribution < -0.4 is 0 Å². The minimum atomic E-state index is 0.637. The molecule has 0 heterocycles. The fraction of sp³-hybridized carbons (Fsp3) is 1.00. The molecule has 0 aliphatic carbocycles. The maximum atomic E-state index is 5.66. The Morgan fingerprint density at radius 3 is 1.90 bits per heavy atom. The molecule has 0 aliphatic rings. The number of hydrogen-bond donors (Lipinski definition) is 0. The molecule has 0 bridgehead atoms. The normalized spacial score (nSPS) is 14.7. The largest absolute Gasteiger partial charge is 0.306 e. The van der Waals surface area contributed by atoms with E-state index < -0.39 is 0 Å². The number of alkyl halides is 1. The second-order valence-electron chi connectivity index (χ2n) is 3.25. The molecule has 0 rings (SSSR count). The Morgan fingerprint density at radius 2 is 1.80 bits per heavy atom. The number of hydrogen-bond acceptors (Lipinski definition) is 1. The molecule has 2 heteroatoms. The van der Waals surface area contributed by atoms with Gasteiger partial charge in [-0.2, -0.15) is 0 Å². The van der Waals surface area contributed by atoms with Crippen molar-refractivity contribution >= 4 is 11.6 Å². The number of nitrogens with zero attached hydrogens (tertiary/aromatic N) is 1. The third kappa shape index (κ3) is 3.43. The van der Waals surface area contributed by atoms with Crippen molar-refractivity contribution in [2.24, 2.45) is 5.92 Å². The van der Waals surface area contributed by atoms with Gasteiger partial charge in [-0.05, 0) is 26.4 Å². The average molecular weight is 164 g/mol. The van der Waals surface area contributed by atoms with Gasteiger partial charge in [0.1, 0.15) is 0 Å². The van der Waals surface area contributed by atoms with Crippen LogP contribution in [0.5, 0.6) is 0 Å². The molecule has 0 saturated carbocycles. The van der Waals surface area contributed by atoms with E-state index in [1.165, 1.54) is 0 Å². The molecule has 0 saturated heterocycles. The first kappa shape index (κ1) is 10.2. The van der Waals surface area contributed by atoms with Gasteiger partial charge in [-0.1, -0.05) is 13.8 Å². The van der Waals surface area contributed by atoms with E-state index in [1.54, 1.807) is 0 Å². The average Bonchev–Trinajstić information content (AvgIpc) is 1.81.